The van der Waals surface area contributed by atoms with Crippen LogP contribution in [0.25, 0.3) is 16.8 Å². The minimum atomic E-state index is -0.00191. The molecular weight excluding hydrogens is 250 g/mol. The Balaban J connectivity index is 2.26. The summed E-state index contributed by atoms with van der Waals surface area (Å²) in [5.74, 6) is 0.757. The Morgan fingerprint density at radius 1 is 1.20 bits per heavy atom. The average Bonchev–Trinajstić information content (AvgIpc) is 2.82. The zero-order chi connectivity index (χ0) is 14.1. The molecular formula is C16H19N3O. The monoisotopic (exact) mass is 269 g/mol. The van der Waals surface area contributed by atoms with Gasteiger partial charge >= 0.3 is 0 Å². The number of rotatable bonds is 4. The second-order valence-electron chi connectivity index (χ2n) is 5.22. The number of hydrogen-bond donors (Lipinski definition) is 0. The molecule has 2 heterocycles. The van der Waals surface area contributed by atoms with Crippen LogP contribution in [0, 0.1) is 6.92 Å². The number of aromatic nitrogens is 3. The van der Waals surface area contributed by atoms with E-state index >= 15 is 0 Å². The molecule has 2 aromatic heterocycles. The van der Waals surface area contributed by atoms with Crippen molar-refractivity contribution in [2.45, 2.75) is 39.7 Å². The number of aryl methyl sites for hydroxylation is 2. The lowest BCUT2D eigenvalue weighted by molar-refractivity contribution is 0.591. The lowest BCUT2D eigenvalue weighted by atomic mass is 10.2. The molecule has 0 radical (unpaired) electrons. The van der Waals surface area contributed by atoms with E-state index < -0.39 is 0 Å². The number of unbranched alkanes of at least 4 members (excludes halogenated alkanes) is 2. The van der Waals surface area contributed by atoms with Crippen LogP contribution in [0.2, 0.25) is 0 Å². The van der Waals surface area contributed by atoms with Crippen molar-refractivity contribution in [3.63, 3.8) is 0 Å². The minimum absolute atomic E-state index is 0.00191. The zero-order valence-electron chi connectivity index (χ0n) is 12.0. The Kier molecular flexibility index (Phi) is 3.30. The molecule has 4 heteroatoms. The van der Waals surface area contributed by atoms with Gasteiger partial charge in [-0.05, 0) is 25.5 Å². The number of nitrogens with zero attached hydrogens (tertiary/aromatic N) is 3. The molecule has 1 aromatic carbocycles. The van der Waals surface area contributed by atoms with Gasteiger partial charge in [-0.25, -0.2) is 9.38 Å². The van der Waals surface area contributed by atoms with Gasteiger partial charge in [0.2, 0.25) is 5.78 Å². The molecule has 0 aliphatic rings. The Morgan fingerprint density at radius 2 is 2.00 bits per heavy atom. The first kappa shape index (κ1) is 12.9. The standard InChI is InChI=1S/C16H19N3O/c1-3-4-7-10-18-12(2)11-15(20)19-14-9-6-5-8-13(14)17-16(18)19/h5-6,8-9,11H,3-4,7,10H2,1-2H3. The van der Waals surface area contributed by atoms with Crippen LogP contribution in [-0.4, -0.2) is 14.0 Å². The second-order valence-corrected chi connectivity index (χ2v) is 5.22. The molecule has 0 bridgehead atoms. The van der Waals surface area contributed by atoms with Gasteiger partial charge in [-0.15, -0.1) is 0 Å². The van der Waals surface area contributed by atoms with E-state index in [1.54, 1.807) is 10.5 Å². The summed E-state index contributed by atoms with van der Waals surface area (Å²) in [6.07, 6.45) is 3.49. The summed E-state index contributed by atoms with van der Waals surface area (Å²) in [6, 6.07) is 9.49. The van der Waals surface area contributed by atoms with Gasteiger partial charge in [-0.1, -0.05) is 31.9 Å². The topological polar surface area (TPSA) is 39.3 Å². The van der Waals surface area contributed by atoms with Crippen molar-refractivity contribution in [1.82, 2.24) is 14.0 Å². The summed E-state index contributed by atoms with van der Waals surface area (Å²) in [7, 11) is 0. The first-order valence-electron chi connectivity index (χ1n) is 7.20. The Bertz CT molecular complexity index is 814. The summed E-state index contributed by atoms with van der Waals surface area (Å²) in [5.41, 5.74) is 2.74. The summed E-state index contributed by atoms with van der Waals surface area (Å²) < 4.78 is 3.87. The molecule has 0 fully saturated rings. The first-order chi connectivity index (χ1) is 9.72. The third kappa shape index (κ3) is 2.01. The Hall–Kier alpha value is -2.10. The highest BCUT2D eigenvalue weighted by atomic mass is 16.1. The normalized spacial score (nSPS) is 11.5. The van der Waals surface area contributed by atoms with E-state index in [0.717, 1.165) is 35.5 Å². The van der Waals surface area contributed by atoms with Crippen molar-refractivity contribution in [2.24, 2.45) is 0 Å². The Labute approximate surface area is 117 Å². The third-order valence-electron chi connectivity index (χ3n) is 3.75. The van der Waals surface area contributed by atoms with E-state index in [2.05, 4.69) is 16.5 Å². The largest absolute Gasteiger partial charge is 0.315 e. The van der Waals surface area contributed by atoms with E-state index in [1.165, 1.54) is 12.8 Å². The van der Waals surface area contributed by atoms with Gasteiger partial charge in [0.05, 0.1) is 11.0 Å². The molecule has 4 nitrogen and oxygen atoms in total. The molecule has 0 aliphatic heterocycles. The molecule has 0 N–H and O–H groups in total. The highest BCUT2D eigenvalue weighted by molar-refractivity contribution is 5.79. The second kappa shape index (κ2) is 5.12. The third-order valence-corrected chi connectivity index (χ3v) is 3.75. The fourth-order valence-electron chi connectivity index (χ4n) is 2.69. The molecule has 0 saturated carbocycles. The van der Waals surface area contributed by atoms with Crippen molar-refractivity contribution in [3.8, 4) is 0 Å². The van der Waals surface area contributed by atoms with E-state index in [0.29, 0.717) is 0 Å². The van der Waals surface area contributed by atoms with Gasteiger partial charge in [0, 0.05) is 18.3 Å². The molecule has 0 spiro atoms. The fraction of sp³-hybridized carbons (Fsp3) is 0.375. The maximum absolute atomic E-state index is 12.3. The van der Waals surface area contributed by atoms with Crippen LogP contribution in [0.15, 0.2) is 35.1 Å². The molecule has 0 unspecified atom stereocenters. The van der Waals surface area contributed by atoms with Gasteiger partial charge in [-0.3, -0.25) is 4.79 Å². The van der Waals surface area contributed by atoms with Gasteiger partial charge < -0.3 is 4.57 Å². The quantitative estimate of drug-likeness (QED) is 0.682. The molecule has 104 valence electrons. The predicted molar refractivity (Wildman–Crippen MR) is 81.2 cm³/mol. The van der Waals surface area contributed by atoms with Gasteiger partial charge in [-0.2, -0.15) is 0 Å². The lowest BCUT2D eigenvalue weighted by Crippen LogP contribution is -2.19. The molecule has 0 amide bonds. The van der Waals surface area contributed by atoms with Crippen molar-refractivity contribution >= 4 is 16.8 Å². The number of benzene rings is 1. The molecule has 0 aliphatic carbocycles. The number of imidazole rings is 1. The van der Waals surface area contributed by atoms with Crippen molar-refractivity contribution in [1.29, 1.82) is 0 Å². The van der Waals surface area contributed by atoms with Crippen molar-refractivity contribution < 1.29 is 0 Å². The fourth-order valence-corrected chi connectivity index (χ4v) is 2.69. The van der Waals surface area contributed by atoms with Crippen molar-refractivity contribution in [3.05, 3.63) is 46.4 Å². The van der Waals surface area contributed by atoms with Gasteiger partial charge in [0.1, 0.15) is 0 Å². The molecule has 20 heavy (non-hydrogen) atoms. The first-order valence-corrected chi connectivity index (χ1v) is 7.20. The number of fused-ring (bicyclic) bond motifs is 3. The minimum Gasteiger partial charge on any atom is -0.315 e. The molecule has 3 aromatic rings. The number of para-hydroxylation sites is 2. The van der Waals surface area contributed by atoms with E-state index in [9.17, 15) is 4.79 Å². The molecule has 0 atom stereocenters. The summed E-state index contributed by atoms with van der Waals surface area (Å²) in [5, 5.41) is 0. The predicted octanol–water partition coefficient (Wildman–Crippen LogP) is 3.15. The summed E-state index contributed by atoms with van der Waals surface area (Å²) in [4.78, 5) is 16.9. The zero-order valence-corrected chi connectivity index (χ0v) is 12.0. The highest BCUT2D eigenvalue weighted by Gasteiger charge is 2.11. The summed E-state index contributed by atoms with van der Waals surface area (Å²) in [6.45, 7) is 5.08. The van der Waals surface area contributed by atoms with Crippen LogP contribution >= 0.6 is 0 Å². The van der Waals surface area contributed by atoms with E-state index in [4.69, 9.17) is 0 Å². The van der Waals surface area contributed by atoms with Crippen LogP contribution in [0.4, 0.5) is 0 Å². The van der Waals surface area contributed by atoms with Gasteiger partial charge in [0.15, 0.2) is 0 Å². The smallest absolute Gasteiger partial charge is 0.259 e. The van der Waals surface area contributed by atoms with Crippen LogP contribution in [-0.2, 0) is 6.54 Å². The van der Waals surface area contributed by atoms with Gasteiger partial charge in [0.25, 0.3) is 5.56 Å². The molecule has 3 rings (SSSR count). The maximum Gasteiger partial charge on any atom is 0.259 e. The van der Waals surface area contributed by atoms with Crippen LogP contribution < -0.4 is 5.56 Å². The van der Waals surface area contributed by atoms with E-state index in [1.807, 2.05) is 31.2 Å². The van der Waals surface area contributed by atoms with Crippen LogP contribution in [0.5, 0.6) is 0 Å². The lowest BCUT2D eigenvalue weighted by Gasteiger charge is -2.11. The number of hydrogen-bond acceptors (Lipinski definition) is 2. The van der Waals surface area contributed by atoms with Crippen molar-refractivity contribution in [2.75, 3.05) is 0 Å². The van der Waals surface area contributed by atoms with Crippen LogP contribution in [0.1, 0.15) is 31.9 Å². The van der Waals surface area contributed by atoms with E-state index in [-0.39, 0.29) is 5.56 Å². The SMILES string of the molecule is CCCCCn1c(C)cc(=O)n2c3ccccc3nc12. The average molecular weight is 269 g/mol. The van der Waals surface area contributed by atoms with Crippen LogP contribution in [0.3, 0.4) is 0 Å². The maximum atomic E-state index is 12.3. The Morgan fingerprint density at radius 3 is 2.80 bits per heavy atom. The highest BCUT2D eigenvalue weighted by Crippen LogP contribution is 2.16. The molecule has 0 saturated heterocycles. The summed E-state index contributed by atoms with van der Waals surface area (Å²) >= 11 is 0.